The van der Waals surface area contributed by atoms with Crippen LogP contribution in [0.25, 0.3) is 5.52 Å². The zero-order valence-electron chi connectivity index (χ0n) is 15.5. The van der Waals surface area contributed by atoms with E-state index in [1.54, 1.807) is 17.8 Å². The van der Waals surface area contributed by atoms with Crippen molar-refractivity contribution < 1.29 is 9.53 Å². The van der Waals surface area contributed by atoms with Gasteiger partial charge in [0.15, 0.2) is 0 Å². The van der Waals surface area contributed by atoms with Gasteiger partial charge in [-0.2, -0.15) is 5.10 Å². The molecule has 0 aliphatic heterocycles. The van der Waals surface area contributed by atoms with Crippen LogP contribution in [0, 0.1) is 0 Å². The molecule has 0 radical (unpaired) electrons. The minimum Gasteiger partial charge on any atom is -0.497 e. The summed E-state index contributed by atoms with van der Waals surface area (Å²) < 4.78 is 7.13. The van der Waals surface area contributed by atoms with Crippen molar-refractivity contribution in [3.8, 4) is 5.75 Å². The van der Waals surface area contributed by atoms with Gasteiger partial charge in [-0.3, -0.25) is 0 Å². The monoisotopic (exact) mass is 371 g/mol. The van der Waals surface area contributed by atoms with Gasteiger partial charge in [-0.05, 0) is 29.8 Å². The fourth-order valence-electron chi connectivity index (χ4n) is 3.48. The number of aromatic nitrogens is 2. The zero-order chi connectivity index (χ0) is 19.3. The average Bonchev–Trinajstić information content (AvgIpc) is 3.18. The van der Waals surface area contributed by atoms with Gasteiger partial charge < -0.3 is 14.8 Å². The van der Waals surface area contributed by atoms with Crippen LogP contribution in [-0.2, 0) is 4.79 Å². The van der Waals surface area contributed by atoms with E-state index in [-0.39, 0.29) is 6.04 Å². The van der Waals surface area contributed by atoms with Gasteiger partial charge in [0.05, 0.1) is 30.8 Å². The second-order valence-corrected chi connectivity index (χ2v) is 6.56. The van der Waals surface area contributed by atoms with Crippen LogP contribution in [0.2, 0.25) is 0 Å². The molecule has 0 aliphatic carbocycles. The molecule has 4 aromatic rings. The van der Waals surface area contributed by atoms with E-state index in [9.17, 15) is 4.79 Å². The summed E-state index contributed by atoms with van der Waals surface area (Å²) in [6, 6.07) is 23.3. The molecule has 0 fully saturated rings. The lowest BCUT2D eigenvalue weighted by molar-refractivity contribution is -0.109. The van der Waals surface area contributed by atoms with Gasteiger partial charge in [0.25, 0.3) is 0 Å². The number of benzene rings is 2. The van der Waals surface area contributed by atoms with Gasteiger partial charge in [0.2, 0.25) is 0 Å². The van der Waals surface area contributed by atoms with E-state index in [0.29, 0.717) is 0 Å². The zero-order valence-corrected chi connectivity index (χ0v) is 15.5. The van der Waals surface area contributed by atoms with Crippen molar-refractivity contribution >= 4 is 17.5 Å². The third-order valence-electron chi connectivity index (χ3n) is 4.87. The maximum Gasteiger partial charge on any atom is 0.130 e. The van der Waals surface area contributed by atoms with Gasteiger partial charge in [-0.15, -0.1) is 0 Å². The first kappa shape index (κ1) is 17.8. The molecule has 2 aromatic carbocycles. The third kappa shape index (κ3) is 3.47. The minimum absolute atomic E-state index is 0.251. The molecule has 5 nitrogen and oxygen atoms in total. The molecule has 0 spiro atoms. The Morgan fingerprint density at radius 3 is 2.64 bits per heavy atom. The highest BCUT2D eigenvalue weighted by Crippen LogP contribution is 2.35. The van der Waals surface area contributed by atoms with Crippen molar-refractivity contribution in [3.63, 3.8) is 0 Å². The van der Waals surface area contributed by atoms with Crippen LogP contribution in [0.4, 0.5) is 5.69 Å². The van der Waals surface area contributed by atoms with Crippen molar-refractivity contribution in [1.29, 1.82) is 0 Å². The number of pyridine rings is 1. The molecule has 1 N–H and O–H groups in total. The smallest absolute Gasteiger partial charge is 0.130 e. The Morgan fingerprint density at radius 2 is 1.86 bits per heavy atom. The largest absolute Gasteiger partial charge is 0.497 e. The molecular formula is C23H21N3O2. The van der Waals surface area contributed by atoms with Crippen LogP contribution in [0.15, 0.2) is 85.2 Å². The number of anilines is 1. The topological polar surface area (TPSA) is 55.6 Å². The highest BCUT2D eigenvalue weighted by atomic mass is 16.5. The van der Waals surface area contributed by atoms with Crippen LogP contribution in [0.1, 0.15) is 23.1 Å². The molecule has 5 heteroatoms. The molecular weight excluding hydrogens is 350 g/mol. The summed E-state index contributed by atoms with van der Waals surface area (Å²) in [5.74, 6) is 0.351. The second kappa shape index (κ2) is 7.96. The molecule has 4 rings (SSSR count). The van der Waals surface area contributed by atoms with Gasteiger partial charge in [-0.25, -0.2) is 4.52 Å². The first-order valence-corrected chi connectivity index (χ1v) is 9.13. The number of methoxy groups -OCH3 is 1. The Bertz CT molecular complexity index is 1080. The molecule has 2 heterocycles. The Labute approximate surface area is 163 Å². The van der Waals surface area contributed by atoms with Crippen LogP contribution in [-0.4, -0.2) is 23.0 Å². The summed E-state index contributed by atoms with van der Waals surface area (Å²) in [5, 5.41) is 7.93. The molecule has 0 amide bonds. The molecule has 28 heavy (non-hydrogen) atoms. The van der Waals surface area contributed by atoms with E-state index >= 15 is 0 Å². The summed E-state index contributed by atoms with van der Waals surface area (Å²) >= 11 is 0. The number of hydrogen-bond donors (Lipinski definition) is 1. The number of hydrogen-bond acceptors (Lipinski definition) is 4. The van der Waals surface area contributed by atoms with Crippen molar-refractivity contribution in [2.45, 2.75) is 12.0 Å². The van der Waals surface area contributed by atoms with Crippen molar-refractivity contribution in [1.82, 2.24) is 9.61 Å². The van der Waals surface area contributed by atoms with Crippen LogP contribution < -0.4 is 10.1 Å². The quantitative estimate of drug-likeness (QED) is 0.487. The van der Waals surface area contributed by atoms with E-state index in [1.807, 2.05) is 79.0 Å². The SMILES string of the molecule is COc1cccc(NC(c2ccccc2)C(C=O)c2cnn3ccccc23)c1. The van der Waals surface area contributed by atoms with Gasteiger partial charge in [-0.1, -0.05) is 42.5 Å². The fraction of sp³-hybridized carbons (Fsp3) is 0.130. The van der Waals surface area contributed by atoms with Crippen LogP contribution in [0.5, 0.6) is 5.75 Å². The standard InChI is InChI=1S/C23H21N3O2/c1-28-19-11-7-10-18(14-19)25-23(17-8-3-2-4-9-17)21(16-27)20-15-24-26-13-6-5-12-22(20)26/h2-16,21,23,25H,1H3. The lowest BCUT2D eigenvalue weighted by Gasteiger charge is -2.26. The Morgan fingerprint density at radius 1 is 1.04 bits per heavy atom. The summed E-state index contributed by atoms with van der Waals surface area (Å²) in [4.78, 5) is 12.3. The normalized spacial score (nSPS) is 13.0. The molecule has 2 aromatic heterocycles. The number of nitrogens with zero attached hydrogens (tertiary/aromatic N) is 2. The molecule has 0 saturated carbocycles. The molecule has 2 atom stereocenters. The average molecular weight is 371 g/mol. The van der Waals surface area contributed by atoms with Crippen molar-refractivity contribution in [3.05, 3.63) is 96.3 Å². The molecule has 0 aliphatic rings. The molecule has 0 saturated heterocycles. The van der Waals surface area contributed by atoms with Crippen molar-refractivity contribution in [2.24, 2.45) is 0 Å². The van der Waals surface area contributed by atoms with E-state index in [4.69, 9.17) is 4.74 Å². The van der Waals surface area contributed by atoms with Gasteiger partial charge in [0, 0.05) is 23.5 Å². The van der Waals surface area contributed by atoms with Crippen molar-refractivity contribution in [2.75, 3.05) is 12.4 Å². The number of nitrogens with one attached hydrogen (secondary N) is 1. The molecule has 0 bridgehead atoms. The highest BCUT2D eigenvalue weighted by molar-refractivity contribution is 5.72. The summed E-state index contributed by atoms with van der Waals surface area (Å²) in [7, 11) is 1.64. The lowest BCUT2D eigenvalue weighted by Crippen LogP contribution is -2.20. The summed E-state index contributed by atoms with van der Waals surface area (Å²) in [6.07, 6.45) is 4.65. The lowest BCUT2D eigenvalue weighted by atomic mass is 9.88. The third-order valence-corrected chi connectivity index (χ3v) is 4.87. The maximum absolute atomic E-state index is 12.3. The number of aldehydes is 1. The summed E-state index contributed by atoms with van der Waals surface area (Å²) in [6.45, 7) is 0. The number of fused-ring (bicyclic) bond motifs is 1. The molecule has 140 valence electrons. The number of ether oxygens (including phenoxy) is 1. The molecule has 2 unspecified atom stereocenters. The van der Waals surface area contributed by atoms with Crippen LogP contribution in [0.3, 0.4) is 0 Å². The minimum atomic E-state index is -0.409. The fourth-order valence-corrected chi connectivity index (χ4v) is 3.48. The summed E-state index contributed by atoms with van der Waals surface area (Å²) in [5.41, 5.74) is 3.72. The van der Waals surface area contributed by atoms with E-state index in [0.717, 1.165) is 34.4 Å². The van der Waals surface area contributed by atoms with E-state index in [2.05, 4.69) is 10.4 Å². The number of carbonyl (C=O) groups excluding carboxylic acids is 1. The van der Waals surface area contributed by atoms with E-state index < -0.39 is 5.92 Å². The number of rotatable bonds is 7. The predicted molar refractivity (Wildman–Crippen MR) is 110 cm³/mol. The number of carbonyl (C=O) groups is 1. The first-order chi connectivity index (χ1) is 13.8. The first-order valence-electron chi connectivity index (χ1n) is 9.13. The maximum atomic E-state index is 12.3. The van der Waals surface area contributed by atoms with E-state index in [1.165, 1.54) is 0 Å². The Hall–Kier alpha value is -3.60. The van der Waals surface area contributed by atoms with Crippen LogP contribution >= 0.6 is 0 Å². The Balaban J connectivity index is 1.78. The van der Waals surface area contributed by atoms with Gasteiger partial charge >= 0.3 is 0 Å². The highest BCUT2D eigenvalue weighted by Gasteiger charge is 2.27. The predicted octanol–water partition coefficient (Wildman–Crippen LogP) is 4.48. The second-order valence-electron chi connectivity index (χ2n) is 6.56. The Kier molecular flexibility index (Phi) is 5.06. The van der Waals surface area contributed by atoms with Gasteiger partial charge in [0.1, 0.15) is 12.0 Å².